The highest BCUT2D eigenvalue weighted by atomic mass is 79.9. The molecule has 0 unspecified atom stereocenters. The highest BCUT2D eigenvalue weighted by molar-refractivity contribution is 9.11. The normalized spacial score (nSPS) is 10.3. The Kier molecular flexibility index (Phi) is 5.06. The highest BCUT2D eigenvalue weighted by Crippen LogP contribution is 2.36. The second kappa shape index (κ2) is 6.60. The largest absolute Gasteiger partial charge is 0.496 e. The second-order valence-electron chi connectivity index (χ2n) is 3.79. The number of carbonyl (C=O) groups is 1. The molecule has 2 rings (SSSR count). The van der Waals surface area contributed by atoms with E-state index in [-0.39, 0.29) is 6.61 Å². The van der Waals surface area contributed by atoms with Crippen LogP contribution in [0.25, 0.3) is 0 Å². The molecule has 0 aliphatic heterocycles. The molecule has 2 aromatic rings. The van der Waals surface area contributed by atoms with E-state index in [4.69, 9.17) is 14.6 Å². The van der Waals surface area contributed by atoms with Crippen molar-refractivity contribution in [2.75, 3.05) is 7.11 Å². The summed E-state index contributed by atoms with van der Waals surface area (Å²) in [5.41, 5.74) is 0.654. The number of carboxylic acid groups (broad SMARTS) is 1. The van der Waals surface area contributed by atoms with Crippen LogP contribution >= 0.6 is 43.2 Å². The van der Waals surface area contributed by atoms with Crippen LogP contribution in [-0.4, -0.2) is 18.2 Å². The molecule has 0 amide bonds. The Morgan fingerprint density at radius 1 is 1.30 bits per heavy atom. The molecule has 4 nitrogen and oxygen atoms in total. The van der Waals surface area contributed by atoms with Crippen LogP contribution in [0.3, 0.4) is 0 Å². The summed E-state index contributed by atoms with van der Waals surface area (Å²) in [6.45, 7) is 0.197. The lowest BCUT2D eigenvalue weighted by molar-refractivity contribution is 0.0699. The van der Waals surface area contributed by atoms with Gasteiger partial charge in [-0.05, 0) is 55.4 Å². The van der Waals surface area contributed by atoms with Crippen molar-refractivity contribution in [1.82, 2.24) is 0 Å². The van der Waals surface area contributed by atoms with Crippen LogP contribution in [-0.2, 0) is 6.61 Å². The highest BCUT2D eigenvalue weighted by Gasteiger charge is 2.13. The number of rotatable bonds is 5. The number of halogens is 2. The molecule has 0 fully saturated rings. The van der Waals surface area contributed by atoms with E-state index in [1.807, 2.05) is 0 Å². The first-order chi connectivity index (χ1) is 9.52. The number of aromatic carboxylic acids is 1. The van der Waals surface area contributed by atoms with Gasteiger partial charge in [-0.3, -0.25) is 0 Å². The number of hydrogen-bond acceptors (Lipinski definition) is 4. The average Bonchev–Trinajstić information content (AvgIpc) is 2.87. The summed E-state index contributed by atoms with van der Waals surface area (Å²) in [6, 6.07) is 5.31. The number of hydrogen-bond donors (Lipinski definition) is 1. The molecule has 0 saturated heterocycles. The number of carboxylic acids is 1. The van der Waals surface area contributed by atoms with Crippen LogP contribution in [0, 0.1) is 0 Å². The maximum Gasteiger partial charge on any atom is 0.346 e. The Balaban J connectivity index is 2.17. The first-order valence-electron chi connectivity index (χ1n) is 5.48. The van der Waals surface area contributed by atoms with Gasteiger partial charge in [0.25, 0.3) is 0 Å². The Hall–Kier alpha value is -1.05. The summed E-state index contributed by atoms with van der Waals surface area (Å²) in [5, 5.41) is 10.8. The molecular weight excluding hydrogens is 412 g/mol. The third-order valence-corrected chi connectivity index (χ3v) is 4.71. The lowest BCUT2D eigenvalue weighted by atomic mass is 10.2. The van der Waals surface area contributed by atoms with E-state index >= 15 is 0 Å². The predicted octanol–water partition coefficient (Wildman–Crippen LogP) is 4.56. The van der Waals surface area contributed by atoms with E-state index < -0.39 is 5.97 Å². The number of methoxy groups -OCH3 is 1. The minimum Gasteiger partial charge on any atom is -0.496 e. The Morgan fingerprint density at radius 2 is 1.95 bits per heavy atom. The summed E-state index contributed by atoms with van der Waals surface area (Å²) in [5.74, 6) is 0.361. The third-order valence-electron chi connectivity index (χ3n) is 2.53. The smallest absolute Gasteiger partial charge is 0.346 e. The first kappa shape index (κ1) is 15.3. The fourth-order valence-corrected chi connectivity index (χ4v) is 3.24. The van der Waals surface area contributed by atoms with Gasteiger partial charge in [-0.15, -0.1) is 11.3 Å². The number of thiophene rings is 1. The monoisotopic (exact) mass is 420 g/mol. The van der Waals surface area contributed by atoms with Gasteiger partial charge in [-0.25, -0.2) is 4.79 Å². The molecule has 0 bridgehead atoms. The van der Waals surface area contributed by atoms with Crippen LogP contribution in [0.1, 0.15) is 15.2 Å². The van der Waals surface area contributed by atoms with Crippen molar-refractivity contribution < 1.29 is 19.4 Å². The maximum atomic E-state index is 11.0. The van der Waals surface area contributed by atoms with Gasteiger partial charge in [-0.2, -0.15) is 0 Å². The van der Waals surface area contributed by atoms with Crippen molar-refractivity contribution in [2.45, 2.75) is 6.61 Å². The van der Waals surface area contributed by atoms with Crippen molar-refractivity contribution in [3.63, 3.8) is 0 Å². The molecule has 106 valence electrons. The lowest BCUT2D eigenvalue weighted by Crippen LogP contribution is -2.02. The molecule has 0 atom stereocenters. The van der Waals surface area contributed by atoms with Crippen LogP contribution in [0.15, 0.2) is 32.5 Å². The van der Waals surface area contributed by atoms with Gasteiger partial charge >= 0.3 is 5.97 Å². The Labute approximate surface area is 136 Å². The molecule has 0 spiro atoms. The molecule has 0 radical (unpaired) electrons. The molecule has 1 heterocycles. The van der Waals surface area contributed by atoms with E-state index in [2.05, 4.69) is 31.9 Å². The molecule has 1 aromatic heterocycles. The zero-order valence-electron chi connectivity index (χ0n) is 10.4. The van der Waals surface area contributed by atoms with Gasteiger partial charge < -0.3 is 14.6 Å². The third kappa shape index (κ3) is 3.34. The van der Waals surface area contributed by atoms with E-state index in [9.17, 15) is 4.79 Å². The minimum absolute atomic E-state index is 0.197. The van der Waals surface area contributed by atoms with Crippen LogP contribution in [0.2, 0.25) is 0 Å². The summed E-state index contributed by atoms with van der Waals surface area (Å²) in [7, 11) is 1.58. The molecular formula is C13H10Br2O4S. The maximum absolute atomic E-state index is 11.0. The van der Waals surface area contributed by atoms with Crippen LogP contribution < -0.4 is 9.47 Å². The average molecular weight is 422 g/mol. The van der Waals surface area contributed by atoms with Gasteiger partial charge in [0.15, 0.2) is 0 Å². The molecule has 20 heavy (non-hydrogen) atoms. The fourth-order valence-electron chi connectivity index (χ4n) is 1.57. The zero-order valence-corrected chi connectivity index (χ0v) is 14.3. The van der Waals surface area contributed by atoms with Crippen LogP contribution in [0.5, 0.6) is 11.5 Å². The van der Waals surface area contributed by atoms with Gasteiger partial charge in [0.2, 0.25) is 0 Å². The van der Waals surface area contributed by atoms with Crippen molar-refractivity contribution in [3.8, 4) is 11.5 Å². The standard InChI is InChI=1S/C13H10Br2O4S/c1-18-10-4-9(15)11(5-8(10)14)19-6-7-2-3-20-12(7)13(16)17/h2-5H,6H2,1H3,(H,16,17). The zero-order chi connectivity index (χ0) is 14.7. The van der Waals surface area contributed by atoms with Gasteiger partial charge in [0.05, 0.1) is 16.1 Å². The molecule has 0 aliphatic rings. The topological polar surface area (TPSA) is 55.8 Å². The summed E-state index contributed by atoms with van der Waals surface area (Å²) >= 11 is 7.96. The van der Waals surface area contributed by atoms with Gasteiger partial charge in [-0.1, -0.05) is 0 Å². The Bertz CT molecular complexity index is 639. The van der Waals surface area contributed by atoms with Crippen molar-refractivity contribution in [1.29, 1.82) is 0 Å². The van der Waals surface area contributed by atoms with Crippen molar-refractivity contribution in [3.05, 3.63) is 43.0 Å². The first-order valence-corrected chi connectivity index (χ1v) is 7.95. The SMILES string of the molecule is COc1cc(Br)c(OCc2ccsc2C(=O)O)cc1Br. The Morgan fingerprint density at radius 3 is 2.60 bits per heavy atom. The summed E-state index contributed by atoms with van der Waals surface area (Å²) in [4.78, 5) is 11.3. The summed E-state index contributed by atoms with van der Waals surface area (Å²) < 4.78 is 12.3. The predicted molar refractivity (Wildman–Crippen MR) is 84.0 cm³/mol. The quantitative estimate of drug-likeness (QED) is 0.768. The van der Waals surface area contributed by atoms with Crippen LogP contribution in [0.4, 0.5) is 0 Å². The molecule has 0 saturated carbocycles. The fraction of sp³-hybridized carbons (Fsp3) is 0.154. The van der Waals surface area contributed by atoms with Crippen molar-refractivity contribution >= 4 is 49.2 Å². The van der Waals surface area contributed by atoms with Gasteiger partial charge in [0, 0.05) is 5.56 Å². The molecule has 1 N–H and O–H groups in total. The number of benzene rings is 1. The van der Waals surface area contributed by atoms with E-state index in [1.54, 1.807) is 30.7 Å². The molecule has 7 heteroatoms. The molecule has 1 aromatic carbocycles. The van der Waals surface area contributed by atoms with Gasteiger partial charge in [0.1, 0.15) is 23.0 Å². The molecule has 0 aliphatic carbocycles. The van der Waals surface area contributed by atoms with Crippen molar-refractivity contribution in [2.24, 2.45) is 0 Å². The number of ether oxygens (including phenoxy) is 2. The van der Waals surface area contributed by atoms with E-state index in [0.29, 0.717) is 21.9 Å². The van der Waals surface area contributed by atoms with E-state index in [1.165, 1.54) is 11.3 Å². The summed E-state index contributed by atoms with van der Waals surface area (Å²) in [6.07, 6.45) is 0. The lowest BCUT2D eigenvalue weighted by Gasteiger charge is -2.11. The second-order valence-corrected chi connectivity index (χ2v) is 6.41. The van der Waals surface area contributed by atoms with E-state index in [0.717, 1.165) is 8.95 Å². The minimum atomic E-state index is -0.937.